The van der Waals surface area contributed by atoms with Gasteiger partial charge in [0.05, 0.1) is 22.6 Å². The van der Waals surface area contributed by atoms with Crippen molar-refractivity contribution in [3.8, 4) is 67.4 Å². The molecule has 0 aliphatic heterocycles. The maximum atomic E-state index is 5.33. The number of benzene rings is 8. The first-order chi connectivity index (χ1) is 29.5. The molecule has 0 amide bonds. The van der Waals surface area contributed by atoms with Crippen LogP contribution in [-0.2, 0) is 5.41 Å². The summed E-state index contributed by atoms with van der Waals surface area (Å²) < 4.78 is 2.59. The van der Waals surface area contributed by atoms with Crippen LogP contribution in [0.2, 0.25) is 0 Å². The standard InChI is InChI=1S/C56H37N3S/c1-56(2)45-19-11-9-17-40(45)43-32-39(25-28-46(43)56)55-58-48(35-13-5-3-6-14-35)33-49(59-55)36-23-21-34(22-24-36)38-26-29-47-44(31-38)52-42(54(57-47)37-15-7-4-8-16-37)27-30-51-53(52)41-18-10-12-20-50(41)60-51/h3-33H,1-2H3. The quantitative estimate of drug-likeness (QED) is 0.163. The topological polar surface area (TPSA) is 38.7 Å². The molecule has 0 atom stereocenters. The van der Waals surface area contributed by atoms with Crippen LogP contribution in [0.15, 0.2) is 188 Å². The fraction of sp³-hybridized carbons (Fsp3) is 0.0536. The van der Waals surface area contributed by atoms with Gasteiger partial charge in [-0.3, -0.25) is 0 Å². The normalized spacial score (nSPS) is 13.0. The first-order valence-corrected chi connectivity index (χ1v) is 21.3. The number of hydrogen-bond donors (Lipinski definition) is 0. The molecule has 0 bridgehead atoms. The van der Waals surface area contributed by atoms with E-state index in [9.17, 15) is 0 Å². The molecule has 1 aliphatic rings. The number of thiophene rings is 1. The predicted molar refractivity (Wildman–Crippen MR) is 252 cm³/mol. The van der Waals surface area contributed by atoms with E-state index < -0.39 is 0 Å². The minimum Gasteiger partial charge on any atom is -0.247 e. The van der Waals surface area contributed by atoms with Crippen LogP contribution < -0.4 is 0 Å². The van der Waals surface area contributed by atoms with Crippen molar-refractivity contribution < 1.29 is 0 Å². The Kier molecular flexibility index (Phi) is 7.75. The largest absolute Gasteiger partial charge is 0.247 e. The molecule has 8 aromatic carbocycles. The van der Waals surface area contributed by atoms with E-state index in [0.717, 1.165) is 67.2 Å². The molecule has 4 heteroatoms. The molecule has 0 N–H and O–H groups in total. The Balaban J connectivity index is 0.987. The number of pyridine rings is 1. The van der Waals surface area contributed by atoms with E-state index in [1.165, 1.54) is 53.2 Å². The lowest BCUT2D eigenvalue weighted by Crippen LogP contribution is -2.14. The molecule has 3 aromatic heterocycles. The molecular formula is C56H37N3S. The first-order valence-electron chi connectivity index (χ1n) is 20.5. The van der Waals surface area contributed by atoms with Gasteiger partial charge in [-0.05, 0) is 69.8 Å². The molecule has 282 valence electrons. The van der Waals surface area contributed by atoms with Crippen LogP contribution in [0.4, 0.5) is 0 Å². The molecule has 0 radical (unpaired) electrons. The second kappa shape index (κ2) is 13.4. The fourth-order valence-electron chi connectivity index (χ4n) is 9.48. The van der Waals surface area contributed by atoms with E-state index in [1.54, 1.807) is 0 Å². The summed E-state index contributed by atoms with van der Waals surface area (Å²) in [5, 5.41) is 6.18. The average molecular weight is 784 g/mol. The van der Waals surface area contributed by atoms with Crippen molar-refractivity contribution >= 4 is 53.2 Å². The summed E-state index contributed by atoms with van der Waals surface area (Å²) in [7, 11) is 0. The van der Waals surface area contributed by atoms with Gasteiger partial charge in [0.2, 0.25) is 0 Å². The third-order valence-corrected chi connectivity index (χ3v) is 13.6. The molecule has 0 saturated carbocycles. The summed E-state index contributed by atoms with van der Waals surface area (Å²) in [6, 6.07) is 67.5. The zero-order chi connectivity index (χ0) is 40.0. The zero-order valence-corrected chi connectivity index (χ0v) is 34.0. The number of nitrogens with zero attached hydrogens (tertiary/aromatic N) is 3. The third-order valence-electron chi connectivity index (χ3n) is 12.5. The van der Waals surface area contributed by atoms with Gasteiger partial charge in [-0.25, -0.2) is 15.0 Å². The van der Waals surface area contributed by atoms with E-state index in [4.69, 9.17) is 15.0 Å². The third kappa shape index (κ3) is 5.45. The van der Waals surface area contributed by atoms with Crippen molar-refractivity contribution in [1.82, 2.24) is 15.0 Å². The number of fused-ring (bicyclic) bond motifs is 10. The molecule has 0 spiro atoms. The van der Waals surface area contributed by atoms with Crippen LogP contribution in [0.1, 0.15) is 25.0 Å². The van der Waals surface area contributed by atoms with Gasteiger partial charge < -0.3 is 0 Å². The van der Waals surface area contributed by atoms with Crippen molar-refractivity contribution in [3.63, 3.8) is 0 Å². The maximum absolute atomic E-state index is 5.33. The van der Waals surface area contributed by atoms with E-state index >= 15 is 0 Å². The summed E-state index contributed by atoms with van der Waals surface area (Å²) in [5.41, 5.74) is 15.5. The van der Waals surface area contributed by atoms with E-state index in [-0.39, 0.29) is 5.41 Å². The monoisotopic (exact) mass is 783 g/mol. The lowest BCUT2D eigenvalue weighted by Gasteiger charge is -2.21. The van der Waals surface area contributed by atoms with Crippen molar-refractivity contribution in [2.75, 3.05) is 0 Å². The highest BCUT2D eigenvalue weighted by molar-refractivity contribution is 7.26. The molecule has 1 aliphatic carbocycles. The Morgan fingerprint density at radius 3 is 1.82 bits per heavy atom. The van der Waals surface area contributed by atoms with E-state index in [0.29, 0.717) is 0 Å². The highest BCUT2D eigenvalue weighted by Crippen LogP contribution is 2.50. The smallest absolute Gasteiger partial charge is 0.160 e. The number of aromatic nitrogens is 3. The van der Waals surface area contributed by atoms with Gasteiger partial charge in [-0.15, -0.1) is 11.3 Å². The van der Waals surface area contributed by atoms with Gasteiger partial charge in [0.1, 0.15) is 0 Å². The van der Waals surface area contributed by atoms with Crippen LogP contribution >= 0.6 is 11.3 Å². The second-order valence-corrected chi connectivity index (χ2v) is 17.4. The van der Waals surface area contributed by atoms with Crippen molar-refractivity contribution in [3.05, 3.63) is 199 Å². The van der Waals surface area contributed by atoms with Gasteiger partial charge in [0.25, 0.3) is 0 Å². The van der Waals surface area contributed by atoms with Crippen LogP contribution in [0.25, 0.3) is 109 Å². The molecule has 3 nitrogen and oxygen atoms in total. The summed E-state index contributed by atoms with van der Waals surface area (Å²) in [4.78, 5) is 15.8. The van der Waals surface area contributed by atoms with Crippen LogP contribution in [0.5, 0.6) is 0 Å². The highest BCUT2D eigenvalue weighted by atomic mass is 32.1. The molecule has 3 heterocycles. The summed E-state index contributed by atoms with van der Waals surface area (Å²) >= 11 is 1.86. The Hall–Kier alpha value is -7.27. The maximum Gasteiger partial charge on any atom is 0.160 e. The molecule has 0 saturated heterocycles. The molecule has 0 fully saturated rings. The minimum absolute atomic E-state index is 0.0611. The lowest BCUT2D eigenvalue weighted by atomic mass is 9.82. The highest BCUT2D eigenvalue weighted by Gasteiger charge is 2.35. The molecule has 11 aromatic rings. The van der Waals surface area contributed by atoms with Crippen molar-refractivity contribution in [2.24, 2.45) is 0 Å². The number of rotatable bonds is 5. The lowest BCUT2D eigenvalue weighted by molar-refractivity contribution is 0.660. The average Bonchev–Trinajstić information content (AvgIpc) is 3.80. The second-order valence-electron chi connectivity index (χ2n) is 16.4. The van der Waals surface area contributed by atoms with E-state index in [1.807, 2.05) is 17.4 Å². The number of hydrogen-bond acceptors (Lipinski definition) is 4. The first kappa shape index (κ1) is 34.7. The van der Waals surface area contributed by atoms with Gasteiger partial charge >= 0.3 is 0 Å². The SMILES string of the molecule is CC1(C)c2ccccc2-c2cc(-c3nc(-c4ccccc4)cc(-c4ccc(-c5ccc6nc(-c7ccccc7)c7ccc8sc9ccccc9c8c7c6c5)cc4)n3)ccc21. The molecule has 0 unspecified atom stereocenters. The van der Waals surface area contributed by atoms with Gasteiger partial charge in [-0.1, -0.05) is 166 Å². The summed E-state index contributed by atoms with van der Waals surface area (Å²) in [6.45, 7) is 4.63. The minimum atomic E-state index is -0.0611. The van der Waals surface area contributed by atoms with Gasteiger partial charge in [0, 0.05) is 64.0 Å². The van der Waals surface area contributed by atoms with Crippen molar-refractivity contribution in [2.45, 2.75) is 19.3 Å². The van der Waals surface area contributed by atoms with E-state index in [2.05, 4.69) is 196 Å². The van der Waals surface area contributed by atoms with Crippen LogP contribution in [0, 0.1) is 0 Å². The van der Waals surface area contributed by atoms with Gasteiger partial charge in [-0.2, -0.15) is 0 Å². The van der Waals surface area contributed by atoms with Crippen LogP contribution in [-0.4, -0.2) is 15.0 Å². The fourth-order valence-corrected chi connectivity index (χ4v) is 10.6. The Labute approximate surface area is 352 Å². The predicted octanol–water partition coefficient (Wildman–Crippen LogP) is 15.2. The molecule has 12 rings (SSSR count). The summed E-state index contributed by atoms with van der Waals surface area (Å²) in [5.74, 6) is 0.719. The Bertz CT molecular complexity index is 3490. The van der Waals surface area contributed by atoms with Gasteiger partial charge in [0.15, 0.2) is 5.82 Å². The Morgan fingerprint density at radius 1 is 0.383 bits per heavy atom. The molecule has 60 heavy (non-hydrogen) atoms. The Morgan fingerprint density at radius 2 is 1.02 bits per heavy atom. The van der Waals surface area contributed by atoms with Crippen LogP contribution in [0.3, 0.4) is 0 Å². The molecular weight excluding hydrogens is 747 g/mol. The van der Waals surface area contributed by atoms with Crippen molar-refractivity contribution in [1.29, 1.82) is 0 Å². The zero-order valence-electron chi connectivity index (χ0n) is 33.1. The summed E-state index contributed by atoms with van der Waals surface area (Å²) in [6.07, 6.45) is 0.